The largest absolute Gasteiger partial charge is 0.497 e. The van der Waals surface area contributed by atoms with Gasteiger partial charge in [-0.1, -0.05) is 6.07 Å². The van der Waals surface area contributed by atoms with Gasteiger partial charge in [0.05, 0.1) is 19.3 Å². The molecule has 3 aromatic rings. The van der Waals surface area contributed by atoms with Crippen LogP contribution in [0.5, 0.6) is 5.75 Å². The molecule has 36 heavy (non-hydrogen) atoms. The number of anilines is 1. The maximum atomic E-state index is 13.4. The number of benzene rings is 2. The average Bonchev–Trinajstić information content (AvgIpc) is 3.60. The van der Waals surface area contributed by atoms with Crippen molar-refractivity contribution in [3.63, 3.8) is 0 Å². The van der Waals surface area contributed by atoms with Crippen LogP contribution < -0.4 is 15.0 Å². The SMILES string of the molecule is COc1cc(-c2cnn(C)c2)cc([C@@H](C)NC(=O)c2cc(N3C[C@H]4C[C@@H]3CN4C(C)C)ccc2C)c1. The fourth-order valence-electron chi connectivity index (χ4n) is 5.76. The number of carbonyl (C=O) groups is 1. The Kier molecular flexibility index (Phi) is 6.51. The summed E-state index contributed by atoms with van der Waals surface area (Å²) in [4.78, 5) is 18.5. The molecule has 3 atom stereocenters. The highest BCUT2D eigenvalue weighted by atomic mass is 16.5. The number of aromatic nitrogens is 2. The smallest absolute Gasteiger partial charge is 0.252 e. The Bertz CT molecular complexity index is 1270. The van der Waals surface area contributed by atoms with Gasteiger partial charge in [-0.15, -0.1) is 0 Å². The van der Waals surface area contributed by atoms with Crippen LogP contribution in [0, 0.1) is 6.92 Å². The van der Waals surface area contributed by atoms with Crippen LogP contribution in [0.3, 0.4) is 0 Å². The van der Waals surface area contributed by atoms with E-state index in [0.717, 1.165) is 52.3 Å². The molecule has 2 aliphatic heterocycles. The molecule has 7 nitrogen and oxygen atoms in total. The topological polar surface area (TPSA) is 62.6 Å². The zero-order valence-electron chi connectivity index (χ0n) is 22.2. The van der Waals surface area contributed by atoms with E-state index in [1.165, 1.54) is 6.42 Å². The number of rotatable bonds is 7. The van der Waals surface area contributed by atoms with Gasteiger partial charge in [-0.05, 0) is 81.1 Å². The van der Waals surface area contributed by atoms with Gasteiger partial charge in [-0.2, -0.15) is 5.10 Å². The van der Waals surface area contributed by atoms with Crippen LogP contribution in [-0.2, 0) is 7.05 Å². The van der Waals surface area contributed by atoms with E-state index in [1.807, 2.05) is 45.4 Å². The Morgan fingerprint density at radius 3 is 2.53 bits per heavy atom. The Morgan fingerprint density at radius 1 is 1.08 bits per heavy atom. The van der Waals surface area contributed by atoms with Crippen LogP contribution in [0.25, 0.3) is 11.1 Å². The Labute approximate surface area is 214 Å². The molecule has 0 aliphatic carbocycles. The normalized spacial score (nSPS) is 20.2. The van der Waals surface area contributed by atoms with Crippen LogP contribution in [0.1, 0.15) is 54.7 Å². The predicted octanol–water partition coefficient (Wildman–Crippen LogP) is 4.57. The highest BCUT2D eigenvalue weighted by Gasteiger charge is 2.44. The molecule has 1 N–H and O–H groups in total. The average molecular weight is 488 g/mol. The van der Waals surface area contributed by atoms with E-state index in [2.05, 4.69) is 58.3 Å². The van der Waals surface area contributed by atoms with Crippen molar-refractivity contribution >= 4 is 11.6 Å². The summed E-state index contributed by atoms with van der Waals surface area (Å²) in [6, 6.07) is 13.9. The number of methoxy groups -OCH3 is 1. The summed E-state index contributed by atoms with van der Waals surface area (Å²) < 4.78 is 7.33. The number of likely N-dealkylation sites (tertiary alicyclic amines) is 1. The second-order valence-electron chi connectivity index (χ2n) is 10.6. The summed E-state index contributed by atoms with van der Waals surface area (Å²) in [6.07, 6.45) is 5.02. The van der Waals surface area contributed by atoms with E-state index in [4.69, 9.17) is 4.74 Å². The van der Waals surface area contributed by atoms with Crippen molar-refractivity contribution in [3.05, 3.63) is 65.5 Å². The maximum Gasteiger partial charge on any atom is 0.252 e. The van der Waals surface area contributed by atoms with Gasteiger partial charge in [-0.3, -0.25) is 14.4 Å². The summed E-state index contributed by atoms with van der Waals surface area (Å²) in [5.41, 5.74) is 5.87. The summed E-state index contributed by atoms with van der Waals surface area (Å²) >= 11 is 0. The van der Waals surface area contributed by atoms with Crippen molar-refractivity contribution in [3.8, 4) is 16.9 Å². The van der Waals surface area contributed by atoms with Crippen LogP contribution in [-0.4, -0.2) is 58.9 Å². The van der Waals surface area contributed by atoms with Crippen molar-refractivity contribution in [2.75, 3.05) is 25.1 Å². The molecule has 2 saturated heterocycles. The number of carbonyl (C=O) groups excluding carboxylic acids is 1. The van der Waals surface area contributed by atoms with Crippen LogP contribution in [0.2, 0.25) is 0 Å². The molecule has 0 saturated carbocycles. The number of hydrogen-bond acceptors (Lipinski definition) is 5. The number of nitrogens with zero attached hydrogens (tertiary/aromatic N) is 4. The van der Waals surface area contributed by atoms with Crippen molar-refractivity contribution in [1.82, 2.24) is 20.0 Å². The molecule has 0 radical (unpaired) electrons. The first-order valence-electron chi connectivity index (χ1n) is 12.9. The molecule has 2 aliphatic rings. The second kappa shape index (κ2) is 9.62. The van der Waals surface area contributed by atoms with E-state index >= 15 is 0 Å². The third kappa shape index (κ3) is 4.60. The van der Waals surface area contributed by atoms with Gasteiger partial charge in [0.1, 0.15) is 5.75 Å². The van der Waals surface area contributed by atoms with E-state index in [0.29, 0.717) is 18.1 Å². The van der Waals surface area contributed by atoms with Crippen molar-refractivity contribution in [2.45, 2.75) is 58.3 Å². The molecule has 1 amide bonds. The van der Waals surface area contributed by atoms with Gasteiger partial charge in [-0.25, -0.2) is 0 Å². The lowest BCUT2D eigenvalue weighted by atomic mass is 10.0. The van der Waals surface area contributed by atoms with E-state index < -0.39 is 0 Å². The summed E-state index contributed by atoms with van der Waals surface area (Å²) in [7, 11) is 3.56. The molecule has 2 aromatic carbocycles. The lowest BCUT2D eigenvalue weighted by molar-refractivity contribution is 0.0939. The number of nitrogens with one attached hydrogen (secondary N) is 1. The number of hydrogen-bond donors (Lipinski definition) is 1. The number of ether oxygens (including phenoxy) is 1. The van der Waals surface area contributed by atoms with Gasteiger partial charge < -0.3 is 15.0 Å². The summed E-state index contributed by atoms with van der Waals surface area (Å²) in [5, 5.41) is 7.51. The predicted molar refractivity (Wildman–Crippen MR) is 144 cm³/mol. The standard InChI is InChI=1S/C29H37N5O2/c1-18(2)33-16-26-12-25(33)17-34(26)24-8-7-19(3)28(13-24)29(35)31-20(4)21-9-22(11-27(10-21)36-6)23-14-30-32(5)15-23/h7-11,13-15,18,20,25-26H,12,16-17H2,1-6H3,(H,31,35)/t20-,25-,26-/m1/s1. The van der Waals surface area contributed by atoms with Crippen LogP contribution in [0.4, 0.5) is 5.69 Å². The molecular formula is C29H37N5O2. The fourth-order valence-corrected chi connectivity index (χ4v) is 5.76. The van der Waals surface area contributed by atoms with Gasteiger partial charge in [0.15, 0.2) is 0 Å². The van der Waals surface area contributed by atoms with E-state index in [-0.39, 0.29) is 11.9 Å². The molecule has 7 heteroatoms. The minimum atomic E-state index is -0.187. The maximum absolute atomic E-state index is 13.4. The first kappa shape index (κ1) is 24.4. The Hall–Kier alpha value is -3.32. The first-order valence-corrected chi connectivity index (χ1v) is 12.9. The summed E-state index contributed by atoms with van der Waals surface area (Å²) in [6.45, 7) is 10.7. The van der Waals surface area contributed by atoms with Crippen LogP contribution >= 0.6 is 0 Å². The molecule has 1 aromatic heterocycles. The second-order valence-corrected chi connectivity index (χ2v) is 10.6. The van der Waals surface area contributed by atoms with E-state index in [1.54, 1.807) is 11.8 Å². The molecule has 3 heterocycles. The van der Waals surface area contributed by atoms with Gasteiger partial charge in [0, 0.05) is 61.3 Å². The highest BCUT2D eigenvalue weighted by molar-refractivity contribution is 5.97. The molecular weight excluding hydrogens is 450 g/mol. The van der Waals surface area contributed by atoms with Crippen molar-refractivity contribution in [1.29, 1.82) is 0 Å². The zero-order valence-corrected chi connectivity index (χ0v) is 22.2. The molecule has 2 fully saturated rings. The number of piperazine rings is 1. The number of amides is 1. The van der Waals surface area contributed by atoms with Crippen molar-refractivity contribution in [2.24, 2.45) is 7.05 Å². The molecule has 2 bridgehead atoms. The third-order valence-corrected chi connectivity index (χ3v) is 7.79. The zero-order chi connectivity index (χ0) is 25.6. The number of fused-ring (bicyclic) bond motifs is 2. The van der Waals surface area contributed by atoms with E-state index in [9.17, 15) is 4.79 Å². The monoisotopic (exact) mass is 487 g/mol. The minimum absolute atomic E-state index is 0.0549. The minimum Gasteiger partial charge on any atom is -0.497 e. The quantitative estimate of drug-likeness (QED) is 0.529. The lowest BCUT2D eigenvalue weighted by Gasteiger charge is -2.37. The molecule has 5 rings (SSSR count). The molecule has 190 valence electrons. The molecule has 0 unspecified atom stereocenters. The lowest BCUT2D eigenvalue weighted by Crippen LogP contribution is -2.49. The first-order chi connectivity index (χ1) is 17.2. The third-order valence-electron chi connectivity index (χ3n) is 7.79. The fraction of sp³-hybridized carbons (Fsp3) is 0.448. The summed E-state index contributed by atoms with van der Waals surface area (Å²) in [5.74, 6) is 0.700. The van der Waals surface area contributed by atoms with Gasteiger partial charge in [0.25, 0.3) is 5.91 Å². The Morgan fingerprint density at radius 2 is 1.89 bits per heavy atom. The van der Waals surface area contributed by atoms with Gasteiger partial charge in [0.2, 0.25) is 0 Å². The van der Waals surface area contributed by atoms with Crippen LogP contribution in [0.15, 0.2) is 48.8 Å². The molecule has 0 spiro atoms. The Balaban J connectivity index is 1.34. The van der Waals surface area contributed by atoms with Crippen molar-refractivity contribution < 1.29 is 9.53 Å². The number of aryl methyl sites for hydroxylation is 2. The highest BCUT2D eigenvalue weighted by Crippen LogP contribution is 2.36. The van der Waals surface area contributed by atoms with Gasteiger partial charge >= 0.3 is 0 Å².